The number of anilines is 1. The molecule has 1 amide bonds. The first-order valence-electron chi connectivity index (χ1n) is 10.3. The molecule has 1 aliphatic heterocycles. The Balaban J connectivity index is 1.64. The number of hydrogen-bond donors (Lipinski definition) is 1. The predicted molar refractivity (Wildman–Crippen MR) is 121 cm³/mol. The van der Waals surface area contributed by atoms with Crippen LogP contribution in [0, 0.1) is 0 Å². The van der Waals surface area contributed by atoms with E-state index in [9.17, 15) is 22.2 Å². The van der Waals surface area contributed by atoms with E-state index in [4.69, 9.17) is 4.74 Å². The zero-order valence-electron chi connectivity index (χ0n) is 17.9. The number of benzene rings is 2. The first-order chi connectivity index (χ1) is 15.2. The summed E-state index contributed by atoms with van der Waals surface area (Å²) in [6.45, 7) is 4.20. The van der Waals surface area contributed by atoms with Gasteiger partial charge in [0.25, 0.3) is 5.91 Å². The van der Waals surface area contributed by atoms with Crippen LogP contribution >= 0.6 is 0 Å². The van der Waals surface area contributed by atoms with Crippen LogP contribution < -0.4 is 5.32 Å². The molecule has 0 radical (unpaired) electrons. The molecule has 32 heavy (non-hydrogen) atoms. The third-order valence-electron chi connectivity index (χ3n) is 5.09. The first-order valence-corrected chi connectivity index (χ1v) is 13.1. The molecule has 172 valence electrons. The number of nitrogens with zero attached hydrogens (tertiary/aromatic N) is 1. The molecule has 1 saturated heterocycles. The summed E-state index contributed by atoms with van der Waals surface area (Å²) in [5.41, 5.74) is 0.537. The molecule has 0 aliphatic carbocycles. The molecule has 2 aromatic rings. The molecule has 2 atom stereocenters. The van der Waals surface area contributed by atoms with Crippen LogP contribution in [-0.2, 0) is 30.4 Å². The lowest BCUT2D eigenvalue weighted by Gasteiger charge is -2.17. The van der Waals surface area contributed by atoms with Crippen LogP contribution in [0.5, 0.6) is 0 Å². The zero-order chi connectivity index (χ0) is 23.3. The van der Waals surface area contributed by atoms with Crippen LogP contribution in [0.15, 0.2) is 58.3 Å². The minimum absolute atomic E-state index is 0.156. The highest BCUT2D eigenvalue weighted by Crippen LogP contribution is 2.22. The van der Waals surface area contributed by atoms with Crippen molar-refractivity contribution in [1.29, 1.82) is 0 Å². The van der Waals surface area contributed by atoms with Crippen LogP contribution in [0.4, 0.5) is 5.69 Å². The number of esters is 1. The maximum atomic E-state index is 12.6. The minimum atomic E-state index is -3.53. The quantitative estimate of drug-likeness (QED) is 0.584. The number of amides is 1. The number of carbonyl (C=O) groups excluding carboxylic acids is 2. The van der Waals surface area contributed by atoms with Gasteiger partial charge in [-0.3, -0.25) is 9.00 Å². The van der Waals surface area contributed by atoms with Gasteiger partial charge in [-0.15, -0.1) is 0 Å². The Labute approximate surface area is 190 Å². The number of sulfonamides is 1. The Morgan fingerprint density at radius 3 is 2.34 bits per heavy atom. The van der Waals surface area contributed by atoms with Crippen molar-refractivity contribution >= 4 is 38.4 Å². The number of carbonyl (C=O) groups is 2. The third-order valence-corrected chi connectivity index (χ3v) is 8.38. The fourth-order valence-corrected chi connectivity index (χ4v) is 5.75. The lowest BCUT2D eigenvalue weighted by Crippen LogP contribution is -2.30. The van der Waals surface area contributed by atoms with Gasteiger partial charge in [-0.05, 0) is 56.2 Å². The molecule has 0 aromatic heterocycles. The van der Waals surface area contributed by atoms with Gasteiger partial charge in [-0.25, -0.2) is 13.2 Å². The fourth-order valence-electron chi connectivity index (χ4n) is 3.30. The highest BCUT2D eigenvalue weighted by Gasteiger charge is 2.27. The van der Waals surface area contributed by atoms with E-state index in [0.29, 0.717) is 29.4 Å². The second kappa shape index (κ2) is 10.4. The monoisotopic (exact) mass is 478 g/mol. The standard InChI is InChI=1S/C22H26N2O6S2/c1-3-31(27)20-9-5-4-8-19(20)22(26)30-16(2)21(25)23-17-10-12-18(13-11-17)32(28,29)24-14-6-7-15-24/h4-5,8-13,16H,3,6-7,14-15H2,1-2H3,(H,23,25)/t16-,31-/m1/s1. The van der Waals surface area contributed by atoms with E-state index in [2.05, 4.69) is 5.32 Å². The van der Waals surface area contributed by atoms with Crippen LogP contribution in [-0.4, -0.2) is 53.8 Å². The van der Waals surface area contributed by atoms with E-state index in [-0.39, 0.29) is 10.5 Å². The third kappa shape index (κ3) is 5.43. The molecule has 0 spiro atoms. The first kappa shape index (κ1) is 24.1. The molecular formula is C22H26N2O6S2. The average Bonchev–Trinajstić information content (AvgIpc) is 3.35. The van der Waals surface area contributed by atoms with Gasteiger partial charge >= 0.3 is 5.97 Å². The molecule has 8 nitrogen and oxygen atoms in total. The normalized spacial score (nSPS) is 16.3. The van der Waals surface area contributed by atoms with Crippen molar-refractivity contribution in [2.45, 2.75) is 42.6 Å². The molecule has 0 bridgehead atoms. The van der Waals surface area contributed by atoms with E-state index in [1.54, 1.807) is 25.1 Å². The lowest BCUT2D eigenvalue weighted by molar-refractivity contribution is -0.123. The van der Waals surface area contributed by atoms with Crippen LogP contribution in [0.25, 0.3) is 0 Å². The molecular weight excluding hydrogens is 452 g/mol. The molecule has 1 N–H and O–H groups in total. The van der Waals surface area contributed by atoms with E-state index >= 15 is 0 Å². The van der Waals surface area contributed by atoms with Crippen molar-refractivity contribution in [3.63, 3.8) is 0 Å². The Bertz CT molecular complexity index is 1110. The van der Waals surface area contributed by atoms with Gasteiger partial charge in [-0.1, -0.05) is 19.1 Å². The van der Waals surface area contributed by atoms with Gasteiger partial charge in [0.2, 0.25) is 10.0 Å². The highest BCUT2D eigenvalue weighted by molar-refractivity contribution is 7.89. The molecule has 2 aromatic carbocycles. The number of hydrogen-bond acceptors (Lipinski definition) is 6. The summed E-state index contributed by atoms with van der Waals surface area (Å²) in [4.78, 5) is 25.5. The summed E-state index contributed by atoms with van der Waals surface area (Å²) in [6.07, 6.45) is 0.588. The van der Waals surface area contributed by atoms with Gasteiger partial charge in [-0.2, -0.15) is 4.31 Å². The van der Waals surface area contributed by atoms with Crippen molar-refractivity contribution < 1.29 is 27.0 Å². The van der Waals surface area contributed by atoms with Crippen molar-refractivity contribution in [2.75, 3.05) is 24.2 Å². The molecule has 3 rings (SSSR count). The Morgan fingerprint density at radius 1 is 1.09 bits per heavy atom. The number of rotatable bonds is 8. The predicted octanol–water partition coefficient (Wildman–Crippen LogP) is 2.78. The second-order valence-electron chi connectivity index (χ2n) is 7.30. The second-order valence-corrected chi connectivity index (χ2v) is 10.9. The summed E-state index contributed by atoms with van der Waals surface area (Å²) in [7, 11) is -4.88. The molecule has 1 fully saturated rings. The zero-order valence-corrected chi connectivity index (χ0v) is 19.6. The number of ether oxygens (including phenoxy) is 1. The molecule has 1 aliphatic rings. The van der Waals surface area contributed by atoms with Crippen molar-refractivity contribution in [2.24, 2.45) is 0 Å². The minimum Gasteiger partial charge on any atom is -0.449 e. The van der Waals surface area contributed by atoms with Gasteiger partial charge < -0.3 is 10.1 Å². The lowest BCUT2D eigenvalue weighted by atomic mass is 10.2. The molecule has 1 heterocycles. The maximum absolute atomic E-state index is 12.6. The Morgan fingerprint density at radius 2 is 1.72 bits per heavy atom. The molecule has 10 heteroatoms. The molecule has 0 saturated carbocycles. The Hall–Kier alpha value is -2.56. The van der Waals surface area contributed by atoms with Gasteiger partial charge in [0.15, 0.2) is 6.10 Å². The van der Waals surface area contributed by atoms with E-state index in [0.717, 1.165) is 12.8 Å². The summed E-state index contributed by atoms with van der Waals surface area (Å²) in [6, 6.07) is 12.3. The summed E-state index contributed by atoms with van der Waals surface area (Å²) in [5.74, 6) is -0.955. The van der Waals surface area contributed by atoms with Crippen LogP contribution in [0.2, 0.25) is 0 Å². The van der Waals surface area contributed by atoms with E-state index < -0.39 is 38.8 Å². The fraction of sp³-hybridized carbons (Fsp3) is 0.364. The Kier molecular flexibility index (Phi) is 7.81. The smallest absolute Gasteiger partial charge is 0.340 e. The highest BCUT2D eigenvalue weighted by atomic mass is 32.2. The SMILES string of the molecule is CC[S@@](=O)c1ccccc1C(=O)O[C@H](C)C(=O)Nc1ccc(S(=O)(=O)N2CCCC2)cc1. The van der Waals surface area contributed by atoms with Gasteiger partial charge in [0.05, 0.1) is 26.2 Å². The average molecular weight is 479 g/mol. The largest absolute Gasteiger partial charge is 0.449 e. The van der Waals surface area contributed by atoms with Crippen molar-refractivity contribution in [1.82, 2.24) is 4.31 Å². The van der Waals surface area contributed by atoms with Crippen LogP contribution in [0.3, 0.4) is 0 Å². The summed E-state index contributed by atoms with van der Waals surface area (Å²) >= 11 is 0. The maximum Gasteiger partial charge on any atom is 0.340 e. The molecule has 0 unspecified atom stereocenters. The van der Waals surface area contributed by atoms with Crippen molar-refractivity contribution in [3.05, 3.63) is 54.1 Å². The number of nitrogens with one attached hydrogen (secondary N) is 1. The van der Waals surface area contributed by atoms with Crippen molar-refractivity contribution in [3.8, 4) is 0 Å². The van der Waals surface area contributed by atoms with E-state index in [1.807, 2.05) is 0 Å². The topological polar surface area (TPSA) is 110 Å². The summed E-state index contributed by atoms with van der Waals surface area (Å²) < 4.78 is 44.1. The summed E-state index contributed by atoms with van der Waals surface area (Å²) in [5, 5.41) is 2.61. The van der Waals surface area contributed by atoms with E-state index in [1.165, 1.54) is 41.6 Å². The van der Waals surface area contributed by atoms with Crippen LogP contribution in [0.1, 0.15) is 37.0 Å². The van der Waals surface area contributed by atoms with Gasteiger partial charge in [0, 0.05) is 24.5 Å². The van der Waals surface area contributed by atoms with Gasteiger partial charge in [0.1, 0.15) is 0 Å².